The quantitative estimate of drug-likeness (QED) is 0.485. The molecule has 0 amide bonds. The molecule has 2 aliphatic rings. The summed E-state index contributed by atoms with van der Waals surface area (Å²) in [4.78, 5) is 0. The van der Waals surface area contributed by atoms with Gasteiger partial charge in [0.25, 0.3) is 0 Å². The van der Waals surface area contributed by atoms with Crippen LogP contribution in [-0.4, -0.2) is 14.9 Å². The second-order valence-electron chi connectivity index (χ2n) is 6.94. The Labute approximate surface area is 114 Å². The van der Waals surface area contributed by atoms with Gasteiger partial charge in [-0.2, -0.15) is 0 Å². The first kappa shape index (κ1) is 14.3. The van der Waals surface area contributed by atoms with Gasteiger partial charge in [0.2, 0.25) is 0 Å². The molecule has 1 nitrogen and oxygen atoms in total. The summed E-state index contributed by atoms with van der Waals surface area (Å²) >= 11 is 0. The number of hydrogen-bond acceptors (Lipinski definition) is 1. The van der Waals surface area contributed by atoms with Crippen molar-refractivity contribution in [1.29, 1.82) is 0 Å². The molecule has 2 bridgehead atoms. The molecular weight excluding hydrogens is 236 g/mol. The van der Waals surface area contributed by atoms with Gasteiger partial charge in [0.1, 0.15) is 0 Å². The number of fused-ring (bicyclic) bond motifs is 2. The summed E-state index contributed by atoms with van der Waals surface area (Å²) in [5.41, 5.74) is 1.47. The summed E-state index contributed by atoms with van der Waals surface area (Å²) in [5.74, 6) is 2.69. The highest BCUT2D eigenvalue weighted by molar-refractivity contribution is 6.76. The Morgan fingerprint density at radius 2 is 1.78 bits per heavy atom. The zero-order valence-corrected chi connectivity index (χ0v) is 13.8. The lowest BCUT2D eigenvalue weighted by atomic mass is 9.96. The van der Waals surface area contributed by atoms with Crippen molar-refractivity contribution >= 4 is 8.32 Å². The van der Waals surface area contributed by atoms with Crippen LogP contribution >= 0.6 is 0 Å². The lowest BCUT2D eigenvalue weighted by Crippen LogP contribution is -2.46. The average molecular weight is 267 g/mol. The molecular formula is C16H30OSi. The molecule has 1 saturated carbocycles. The number of allylic oxidation sites excluding steroid dienone is 2. The van der Waals surface area contributed by atoms with E-state index in [-0.39, 0.29) is 0 Å². The Hall–Kier alpha value is -0.0831. The first-order valence-corrected chi connectivity index (χ1v) is 10.1. The van der Waals surface area contributed by atoms with E-state index in [1.165, 1.54) is 18.9 Å². The Balaban J connectivity index is 2.11. The minimum absolute atomic E-state index is 0.737. The molecule has 0 saturated heterocycles. The smallest absolute Gasteiger partial charge is 0.198 e. The summed E-state index contributed by atoms with van der Waals surface area (Å²) < 4.78 is 6.44. The third-order valence-electron chi connectivity index (χ3n) is 5.37. The molecule has 3 atom stereocenters. The Kier molecular flexibility index (Phi) is 4.38. The molecule has 0 aromatic carbocycles. The van der Waals surface area contributed by atoms with Crippen LogP contribution in [0, 0.1) is 17.8 Å². The van der Waals surface area contributed by atoms with Crippen molar-refractivity contribution in [3.8, 4) is 0 Å². The summed E-state index contributed by atoms with van der Waals surface area (Å²) in [7, 11) is -1.59. The molecule has 104 valence electrons. The van der Waals surface area contributed by atoms with Crippen LogP contribution in [0.25, 0.3) is 0 Å². The van der Waals surface area contributed by atoms with Crippen LogP contribution in [0.4, 0.5) is 0 Å². The Bertz CT molecular complexity index is 300. The molecule has 2 heteroatoms. The Morgan fingerprint density at radius 3 is 2.17 bits per heavy atom. The second kappa shape index (κ2) is 5.50. The van der Waals surface area contributed by atoms with Crippen molar-refractivity contribution in [1.82, 2.24) is 0 Å². The van der Waals surface area contributed by atoms with Gasteiger partial charge < -0.3 is 4.43 Å². The standard InChI is InChI=1S/C16H30OSi/c1-6-17-18(12(2)3,13(4)5)11-16-10-14-7-8-15(16)9-14/h7-8,12-16H,6,9-11H2,1-5H3. The fourth-order valence-corrected chi connectivity index (χ4v) is 9.23. The highest BCUT2D eigenvalue weighted by Gasteiger charge is 2.47. The highest BCUT2D eigenvalue weighted by Crippen LogP contribution is 2.50. The van der Waals surface area contributed by atoms with E-state index in [9.17, 15) is 0 Å². The molecule has 0 aromatic heterocycles. The third kappa shape index (κ3) is 2.46. The zero-order valence-electron chi connectivity index (χ0n) is 12.8. The minimum Gasteiger partial charge on any atom is -0.417 e. The SMILES string of the molecule is CCO[Si](CC1CC2C=CC1C2)(C(C)C)C(C)C. The van der Waals surface area contributed by atoms with Crippen LogP contribution in [-0.2, 0) is 4.43 Å². The van der Waals surface area contributed by atoms with E-state index in [0.717, 1.165) is 35.4 Å². The van der Waals surface area contributed by atoms with Crippen molar-refractivity contribution in [2.24, 2.45) is 17.8 Å². The molecule has 0 heterocycles. The van der Waals surface area contributed by atoms with E-state index in [1.807, 2.05) is 0 Å². The first-order valence-electron chi connectivity index (χ1n) is 7.81. The van der Waals surface area contributed by atoms with E-state index >= 15 is 0 Å². The maximum atomic E-state index is 6.44. The van der Waals surface area contributed by atoms with Gasteiger partial charge in [-0.3, -0.25) is 0 Å². The van der Waals surface area contributed by atoms with Gasteiger partial charge in [-0.05, 0) is 54.6 Å². The van der Waals surface area contributed by atoms with E-state index in [4.69, 9.17) is 4.43 Å². The van der Waals surface area contributed by atoms with Crippen molar-refractivity contribution in [2.75, 3.05) is 6.61 Å². The molecule has 0 aliphatic heterocycles. The Morgan fingerprint density at radius 1 is 1.11 bits per heavy atom. The van der Waals surface area contributed by atoms with Gasteiger partial charge in [-0.25, -0.2) is 0 Å². The topological polar surface area (TPSA) is 9.23 Å². The molecule has 0 aromatic rings. The summed E-state index contributed by atoms with van der Waals surface area (Å²) in [5, 5.41) is 0. The monoisotopic (exact) mass is 266 g/mol. The molecule has 0 radical (unpaired) electrons. The fraction of sp³-hybridized carbons (Fsp3) is 0.875. The summed E-state index contributed by atoms with van der Waals surface area (Å²) in [6.07, 6.45) is 7.81. The molecule has 1 fully saturated rings. The van der Waals surface area contributed by atoms with Crippen LogP contribution < -0.4 is 0 Å². The molecule has 0 N–H and O–H groups in total. The van der Waals surface area contributed by atoms with Gasteiger partial charge in [0.15, 0.2) is 8.32 Å². The second-order valence-corrected chi connectivity index (χ2v) is 11.9. The summed E-state index contributed by atoms with van der Waals surface area (Å²) in [6.45, 7) is 12.7. The van der Waals surface area contributed by atoms with Crippen LogP contribution in [0.2, 0.25) is 17.1 Å². The van der Waals surface area contributed by atoms with Gasteiger partial charge in [-0.1, -0.05) is 39.8 Å². The van der Waals surface area contributed by atoms with E-state index < -0.39 is 8.32 Å². The fourth-order valence-electron chi connectivity index (χ4n) is 4.34. The van der Waals surface area contributed by atoms with Crippen LogP contribution in [0.3, 0.4) is 0 Å². The van der Waals surface area contributed by atoms with Crippen molar-refractivity contribution in [3.63, 3.8) is 0 Å². The minimum atomic E-state index is -1.59. The normalized spacial score (nSPS) is 30.9. The molecule has 3 unspecified atom stereocenters. The molecule has 2 aliphatic carbocycles. The lowest BCUT2D eigenvalue weighted by molar-refractivity contribution is 0.291. The van der Waals surface area contributed by atoms with Gasteiger partial charge in [0, 0.05) is 6.61 Å². The third-order valence-corrected chi connectivity index (χ3v) is 11.3. The van der Waals surface area contributed by atoms with E-state index in [1.54, 1.807) is 0 Å². The van der Waals surface area contributed by atoms with Crippen molar-refractivity contribution < 1.29 is 4.43 Å². The van der Waals surface area contributed by atoms with Crippen LogP contribution in [0.15, 0.2) is 12.2 Å². The maximum absolute atomic E-state index is 6.44. The molecule has 18 heavy (non-hydrogen) atoms. The van der Waals surface area contributed by atoms with Gasteiger partial charge in [-0.15, -0.1) is 0 Å². The summed E-state index contributed by atoms with van der Waals surface area (Å²) in [6, 6.07) is 1.39. The highest BCUT2D eigenvalue weighted by atomic mass is 28.4. The predicted octanol–water partition coefficient (Wildman–Crippen LogP) is 5.00. The average Bonchev–Trinajstić information content (AvgIpc) is 2.89. The first-order chi connectivity index (χ1) is 8.49. The van der Waals surface area contributed by atoms with Crippen molar-refractivity contribution in [3.05, 3.63) is 12.2 Å². The van der Waals surface area contributed by atoms with Gasteiger partial charge >= 0.3 is 0 Å². The van der Waals surface area contributed by atoms with Crippen molar-refractivity contribution in [2.45, 2.75) is 64.6 Å². The molecule has 2 rings (SSSR count). The number of hydrogen-bond donors (Lipinski definition) is 0. The van der Waals surface area contributed by atoms with E-state index in [0.29, 0.717) is 0 Å². The van der Waals surface area contributed by atoms with Crippen LogP contribution in [0.1, 0.15) is 47.5 Å². The predicted molar refractivity (Wildman–Crippen MR) is 81.2 cm³/mol. The zero-order chi connectivity index (χ0) is 13.3. The number of rotatable bonds is 6. The molecule has 0 spiro atoms. The van der Waals surface area contributed by atoms with Gasteiger partial charge in [0.05, 0.1) is 0 Å². The lowest BCUT2D eigenvalue weighted by Gasteiger charge is -2.41. The van der Waals surface area contributed by atoms with E-state index in [2.05, 4.69) is 46.8 Å². The maximum Gasteiger partial charge on any atom is 0.198 e. The van der Waals surface area contributed by atoms with Crippen LogP contribution in [0.5, 0.6) is 0 Å². The largest absolute Gasteiger partial charge is 0.417 e.